The molecule has 3 heteroatoms. The van der Waals surface area contributed by atoms with Gasteiger partial charge in [0.2, 0.25) is 0 Å². The minimum atomic E-state index is 0.0744. The molecule has 2 bridgehead atoms. The van der Waals surface area contributed by atoms with E-state index in [0.29, 0.717) is 0 Å². The van der Waals surface area contributed by atoms with Crippen molar-refractivity contribution in [1.82, 2.24) is 4.98 Å². The molecule has 5 rings (SSSR count). The largest absolute Gasteiger partial charge is 0.485 e. The summed E-state index contributed by atoms with van der Waals surface area (Å²) in [6.07, 6.45) is 2.13. The van der Waals surface area contributed by atoms with E-state index in [4.69, 9.17) is 9.47 Å². The van der Waals surface area contributed by atoms with Gasteiger partial charge in [-0.1, -0.05) is 24.3 Å². The minimum Gasteiger partial charge on any atom is -0.485 e. The molecule has 0 N–H and O–H groups in total. The molecule has 4 atom stereocenters. The maximum atomic E-state index is 6.10. The molecule has 1 fully saturated rings. The van der Waals surface area contributed by atoms with Crippen LogP contribution in [0.3, 0.4) is 0 Å². The summed E-state index contributed by atoms with van der Waals surface area (Å²) in [5.41, 5.74) is 3.66. The summed E-state index contributed by atoms with van der Waals surface area (Å²) in [6, 6.07) is 12.4. The van der Waals surface area contributed by atoms with Gasteiger partial charge in [-0.3, -0.25) is 4.98 Å². The number of hydrogen-bond donors (Lipinski definition) is 0. The molecule has 1 aromatic carbocycles. The zero-order chi connectivity index (χ0) is 11.7. The van der Waals surface area contributed by atoms with Crippen molar-refractivity contribution < 1.29 is 9.47 Å². The number of pyridine rings is 1. The zero-order valence-electron chi connectivity index (χ0n) is 9.61. The van der Waals surface area contributed by atoms with Crippen LogP contribution in [0, 0.1) is 0 Å². The van der Waals surface area contributed by atoms with Crippen molar-refractivity contribution >= 4 is 0 Å². The van der Waals surface area contributed by atoms with Crippen molar-refractivity contribution in [2.75, 3.05) is 0 Å². The predicted molar refractivity (Wildman–Crippen MR) is 64.4 cm³/mol. The first-order chi connectivity index (χ1) is 8.93. The quantitative estimate of drug-likeness (QED) is 0.706. The van der Waals surface area contributed by atoms with Gasteiger partial charge >= 0.3 is 0 Å². The average molecular weight is 237 g/mol. The van der Waals surface area contributed by atoms with Crippen LogP contribution < -0.4 is 4.74 Å². The predicted octanol–water partition coefficient (Wildman–Crippen LogP) is 2.75. The van der Waals surface area contributed by atoms with Gasteiger partial charge in [0.15, 0.2) is 0 Å². The highest BCUT2D eigenvalue weighted by molar-refractivity contribution is 5.48. The Morgan fingerprint density at radius 1 is 0.944 bits per heavy atom. The van der Waals surface area contributed by atoms with Crippen LogP contribution in [0.4, 0.5) is 0 Å². The van der Waals surface area contributed by atoms with E-state index in [-0.39, 0.29) is 24.2 Å². The standard InChI is InChI=1S/C15H11NO2/c1-2-5-9-8(4-1)13-11-12-10(6-3-7-16-12)17-15(11)14(9)18-13/h1-7,11,13-15H/t11-,13-,14+,15-/m1/s1. The number of benzene rings is 1. The van der Waals surface area contributed by atoms with Gasteiger partial charge < -0.3 is 9.47 Å². The molecule has 0 spiro atoms. The fourth-order valence-corrected chi connectivity index (χ4v) is 3.56. The van der Waals surface area contributed by atoms with Crippen LogP contribution in [0.25, 0.3) is 0 Å². The molecule has 3 aliphatic rings. The van der Waals surface area contributed by atoms with Gasteiger partial charge in [0.25, 0.3) is 0 Å². The third kappa shape index (κ3) is 0.896. The first kappa shape index (κ1) is 9.11. The van der Waals surface area contributed by atoms with Crippen LogP contribution in [-0.4, -0.2) is 11.1 Å². The van der Waals surface area contributed by atoms with E-state index in [2.05, 4.69) is 29.2 Å². The Morgan fingerprint density at radius 2 is 1.78 bits per heavy atom. The van der Waals surface area contributed by atoms with Crippen molar-refractivity contribution in [1.29, 1.82) is 0 Å². The molecule has 1 aromatic heterocycles. The number of fused-ring (bicyclic) bond motifs is 10. The average Bonchev–Trinajstić information content (AvgIpc) is 3.07. The van der Waals surface area contributed by atoms with Gasteiger partial charge in [-0.15, -0.1) is 0 Å². The number of nitrogens with zero attached hydrogens (tertiary/aromatic N) is 1. The molecule has 0 radical (unpaired) electrons. The van der Waals surface area contributed by atoms with Crippen LogP contribution >= 0.6 is 0 Å². The van der Waals surface area contributed by atoms with Crippen molar-refractivity contribution in [2.45, 2.75) is 24.2 Å². The van der Waals surface area contributed by atoms with Gasteiger partial charge in [0, 0.05) is 6.20 Å². The smallest absolute Gasteiger partial charge is 0.141 e. The Labute approximate surface area is 104 Å². The molecule has 3 aliphatic heterocycles. The highest BCUT2D eigenvalue weighted by Crippen LogP contribution is 2.62. The molecule has 0 amide bonds. The summed E-state index contributed by atoms with van der Waals surface area (Å²) in [6.45, 7) is 0. The van der Waals surface area contributed by atoms with E-state index in [1.807, 2.05) is 18.3 Å². The summed E-state index contributed by atoms with van der Waals surface area (Å²) in [4.78, 5) is 4.49. The third-order valence-electron chi connectivity index (χ3n) is 4.26. The maximum Gasteiger partial charge on any atom is 0.141 e. The Bertz CT molecular complexity index is 654. The van der Waals surface area contributed by atoms with E-state index in [0.717, 1.165) is 11.4 Å². The molecule has 4 heterocycles. The number of aromatic nitrogens is 1. The lowest BCUT2D eigenvalue weighted by Gasteiger charge is -2.22. The Kier molecular flexibility index (Phi) is 1.48. The number of ether oxygens (including phenoxy) is 2. The molecule has 2 aromatic rings. The lowest BCUT2D eigenvalue weighted by Crippen LogP contribution is -2.25. The first-order valence-electron chi connectivity index (χ1n) is 6.29. The van der Waals surface area contributed by atoms with Crippen LogP contribution in [0.1, 0.15) is 34.9 Å². The Morgan fingerprint density at radius 3 is 2.67 bits per heavy atom. The van der Waals surface area contributed by atoms with Crippen LogP contribution in [0.2, 0.25) is 0 Å². The molecule has 0 aliphatic carbocycles. The first-order valence-corrected chi connectivity index (χ1v) is 6.29. The molecule has 3 nitrogen and oxygen atoms in total. The normalized spacial score (nSPS) is 33.8. The van der Waals surface area contributed by atoms with Crippen molar-refractivity contribution in [3.63, 3.8) is 0 Å². The van der Waals surface area contributed by atoms with Crippen molar-refractivity contribution in [2.24, 2.45) is 0 Å². The Hall–Kier alpha value is -1.87. The monoisotopic (exact) mass is 237 g/mol. The highest BCUT2D eigenvalue weighted by Gasteiger charge is 2.58. The van der Waals surface area contributed by atoms with Gasteiger partial charge in [0.1, 0.15) is 18.0 Å². The maximum absolute atomic E-state index is 6.10. The fraction of sp³-hybridized carbons (Fsp3) is 0.267. The second-order valence-corrected chi connectivity index (χ2v) is 5.10. The topological polar surface area (TPSA) is 31.4 Å². The van der Waals surface area contributed by atoms with Gasteiger partial charge in [-0.25, -0.2) is 0 Å². The molecule has 1 saturated heterocycles. The number of hydrogen-bond acceptors (Lipinski definition) is 3. The van der Waals surface area contributed by atoms with Crippen molar-refractivity contribution in [3.8, 4) is 5.75 Å². The second-order valence-electron chi connectivity index (χ2n) is 5.10. The second kappa shape index (κ2) is 2.93. The lowest BCUT2D eigenvalue weighted by atomic mass is 9.81. The Balaban J connectivity index is 1.72. The van der Waals surface area contributed by atoms with E-state index in [9.17, 15) is 0 Å². The lowest BCUT2D eigenvalue weighted by molar-refractivity contribution is 0.0363. The van der Waals surface area contributed by atoms with Gasteiger partial charge in [-0.2, -0.15) is 0 Å². The van der Waals surface area contributed by atoms with E-state index < -0.39 is 0 Å². The molecule has 88 valence electrons. The molecular weight excluding hydrogens is 226 g/mol. The van der Waals surface area contributed by atoms with Crippen LogP contribution in [0.15, 0.2) is 42.6 Å². The summed E-state index contributed by atoms with van der Waals surface area (Å²) in [7, 11) is 0. The molecule has 0 saturated carbocycles. The molecular formula is C15H11NO2. The fourth-order valence-electron chi connectivity index (χ4n) is 3.56. The van der Waals surface area contributed by atoms with Crippen LogP contribution in [-0.2, 0) is 4.74 Å². The third-order valence-corrected chi connectivity index (χ3v) is 4.26. The van der Waals surface area contributed by atoms with E-state index in [1.54, 1.807) is 0 Å². The van der Waals surface area contributed by atoms with Gasteiger partial charge in [0.05, 0.1) is 17.7 Å². The summed E-state index contributed by atoms with van der Waals surface area (Å²) in [5.74, 6) is 1.19. The minimum absolute atomic E-state index is 0.0744. The number of rotatable bonds is 0. The van der Waals surface area contributed by atoms with Crippen molar-refractivity contribution in [3.05, 3.63) is 59.4 Å². The van der Waals surface area contributed by atoms with E-state index in [1.165, 1.54) is 11.1 Å². The summed E-state index contributed by atoms with van der Waals surface area (Å²) < 4.78 is 12.1. The van der Waals surface area contributed by atoms with Crippen LogP contribution in [0.5, 0.6) is 5.75 Å². The highest BCUT2D eigenvalue weighted by atomic mass is 16.6. The summed E-state index contributed by atoms with van der Waals surface area (Å²) in [5, 5.41) is 0. The SMILES string of the molecule is c1cnc2c(c1)O[C@@H]1[C@H]2[C@@H]2O[C@H]1c1ccccc12. The molecule has 0 unspecified atom stereocenters. The molecule has 18 heavy (non-hydrogen) atoms. The van der Waals surface area contributed by atoms with Gasteiger partial charge in [-0.05, 0) is 23.3 Å². The van der Waals surface area contributed by atoms with E-state index >= 15 is 0 Å². The summed E-state index contributed by atoms with van der Waals surface area (Å²) >= 11 is 0. The zero-order valence-corrected chi connectivity index (χ0v) is 9.61.